The number of hydrogen-bond acceptors (Lipinski definition) is 5. The largest absolute Gasteiger partial charge is 0.494 e. The summed E-state index contributed by atoms with van der Waals surface area (Å²) >= 11 is 0. The first kappa shape index (κ1) is 23.5. The van der Waals surface area contributed by atoms with Crippen molar-refractivity contribution < 1.29 is 22.7 Å². The third-order valence-electron chi connectivity index (χ3n) is 4.21. The van der Waals surface area contributed by atoms with Crippen LogP contribution in [0.3, 0.4) is 0 Å². The summed E-state index contributed by atoms with van der Waals surface area (Å²) < 4.78 is 36.7. The Labute approximate surface area is 179 Å². The van der Waals surface area contributed by atoms with Crippen molar-refractivity contribution in [2.24, 2.45) is 0 Å². The minimum Gasteiger partial charge on any atom is -0.494 e. The Balaban J connectivity index is 1.95. The molecule has 2 aromatic rings. The maximum atomic E-state index is 12.5. The summed E-state index contributed by atoms with van der Waals surface area (Å²) in [5.74, 6) is 0.956. The number of benzene rings is 2. The van der Waals surface area contributed by atoms with Gasteiger partial charge in [-0.15, -0.1) is 0 Å². The van der Waals surface area contributed by atoms with Crippen molar-refractivity contribution in [3.8, 4) is 11.5 Å². The Morgan fingerprint density at radius 1 is 1.03 bits per heavy atom. The van der Waals surface area contributed by atoms with Crippen molar-refractivity contribution in [2.75, 3.05) is 30.3 Å². The fourth-order valence-corrected chi connectivity index (χ4v) is 3.53. The van der Waals surface area contributed by atoms with Crippen LogP contribution in [-0.4, -0.2) is 46.4 Å². The van der Waals surface area contributed by atoms with E-state index in [9.17, 15) is 13.2 Å². The zero-order valence-electron chi connectivity index (χ0n) is 17.9. The molecule has 0 bridgehead atoms. The lowest BCUT2D eigenvalue weighted by atomic mass is 10.2. The molecule has 30 heavy (non-hydrogen) atoms. The van der Waals surface area contributed by atoms with Crippen LogP contribution in [0.2, 0.25) is 0 Å². The lowest BCUT2D eigenvalue weighted by molar-refractivity contribution is -0.120. The van der Waals surface area contributed by atoms with Gasteiger partial charge in [-0.3, -0.25) is 9.10 Å². The van der Waals surface area contributed by atoms with Crippen molar-refractivity contribution >= 4 is 21.6 Å². The Kier molecular flexibility index (Phi) is 8.53. The topological polar surface area (TPSA) is 84.9 Å². The van der Waals surface area contributed by atoms with Gasteiger partial charge in [-0.2, -0.15) is 0 Å². The highest BCUT2D eigenvalue weighted by molar-refractivity contribution is 7.92. The lowest BCUT2D eigenvalue weighted by Gasteiger charge is -2.23. The molecule has 0 fully saturated rings. The molecule has 0 spiro atoms. The smallest absolute Gasteiger partial charge is 0.241 e. The number of aryl methyl sites for hydroxylation is 1. The second-order valence-corrected chi connectivity index (χ2v) is 9.11. The van der Waals surface area contributed by atoms with E-state index in [1.165, 1.54) is 0 Å². The molecule has 8 heteroatoms. The van der Waals surface area contributed by atoms with Crippen molar-refractivity contribution in [1.82, 2.24) is 5.32 Å². The number of rotatable bonds is 11. The van der Waals surface area contributed by atoms with E-state index in [1.807, 2.05) is 38.1 Å². The number of carbonyl (C=O) groups is 1. The molecule has 0 saturated carbocycles. The average Bonchev–Trinajstić information content (AvgIpc) is 2.70. The van der Waals surface area contributed by atoms with Crippen LogP contribution in [0.25, 0.3) is 0 Å². The molecule has 0 saturated heterocycles. The predicted molar refractivity (Wildman–Crippen MR) is 119 cm³/mol. The summed E-state index contributed by atoms with van der Waals surface area (Å²) in [6, 6.07) is 14.0. The second kappa shape index (κ2) is 10.9. The molecule has 7 nitrogen and oxygen atoms in total. The number of sulfonamides is 1. The molecule has 0 radical (unpaired) electrons. The zero-order valence-corrected chi connectivity index (χ0v) is 18.7. The molecule has 2 rings (SSSR count). The summed E-state index contributed by atoms with van der Waals surface area (Å²) in [6.07, 6.45) is 1.95. The fourth-order valence-electron chi connectivity index (χ4n) is 2.68. The monoisotopic (exact) mass is 434 g/mol. The first-order valence-corrected chi connectivity index (χ1v) is 11.7. The van der Waals surface area contributed by atoms with E-state index in [4.69, 9.17) is 9.47 Å². The van der Waals surface area contributed by atoms with E-state index in [1.54, 1.807) is 31.2 Å². The summed E-state index contributed by atoms with van der Waals surface area (Å²) in [5, 5.41) is 2.78. The number of amides is 1. The van der Waals surface area contributed by atoms with Crippen LogP contribution in [0, 0.1) is 6.92 Å². The van der Waals surface area contributed by atoms with Gasteiger partial charge in [-0.05, 0) is 56.7 Å². The number of carbonyl (C=O) groups excluding carboxylic acids is 1. The Morgan fingerprint density at radius 2 is 1.60 bits per heavy atom. The third-order valence-corrected chi connectivity index (χ3v) is 5.35. The summed E-state index contributed by atoms with van der Waals surface area (Å²) in [7, 11) is -3.64. The van der Waals surface area contributed by atoms with Gasteiger partial charge in [0.1, 0.15) is 24.7 Å². The number of nitrogens with one attached hydrogen (secondary N) is 1. The average molecular weight is 435 g/mol. The first-order chi connectivity index (χ1) is 14.2. The molecule has 0 aliphatic heterocycles. The Hall–Kier alpha value is -2.74. The molecule has 0 aromatic heterocycles. The molecule has 2 aromatic carbocycles. The molecular formula is C22H30N2O5S. The fraction of sp³-hybridized carbons (Fsp3) is 0.409. The van der Waals surface area contributed by atoms with E-state index < -0.39 is 15.9 Å². The van der Waals surface area contributed by atoms with Crippen LogP contribution in [0.1, 0.15) is 25.8 Å². The van der Waals surface area contributed by atoms with Crippen molar-refractivity contribution in [3.63, 3.8) is 0 Å². The Bertz CT molecular complexity index is 912. The molecule has 0 unspecified atom stereocenters. The highest BCUT2D eigenvalue weighted by Crippen LogP contribution is 2.21. The van der Waals surface area contributed by atoms with Crippen LogP contribution in [0.5, 0.6) is 11.5 Å². The van der Waals surface area contributed by atoms with E-state index >= 15 is 0 Å². The standard InChI is InChI=1S/C22H30N2O5S/c1-5-14-28-20-12-8-19(9-13-20)24(30(4,26)27)15-22(25)23-18(3)16-29-21-10-6-17(2)7-11-21/h6-13,18H,5,14-16H2,1-4H3,(H,23,25)/t18-/m1/s1. The number of hydrogen-bond donors (Lipinski definition) is 1. The van der Waals surface area contributed by atoms with Gasteiger partial charge < -0.3 is 14.8 Å². The van der Waals surface area contributed by atoms with Gasteiger partial charge in [0.25, 0.3) is 0 Å². The molecular weight excluding hydrogens is 404 g/mol. The van der Waals surface area contributed by atoms with Crippen LogP contribution >= 0.6 is 0 Å². The van der Waals surface area contributed by atoms with Crippen molar-refractivity contribution in [2.45, 2.75) is 33.2 Å². The summed E-state index contributed by atoms with van der Waals surface area (Å²) in [5.41, 5.74) is 1.54. The van der Waals surface area contributed by atoms with Gasteiger partial charge in [0, 0.05) is 0 Å². The lowest BCUT2D eigenvalue weighted by Crippen LogP contribution is -2.44. The maximum Gasteiger partial charge on any atom is 0.241 e. The molecule has 1 amide bonds. The van der Waals surface area contributed by atoms with Crippen LogP contribution in [0.4, 0.5) is 5.69 Å². The van der Waals surface area contributed by atoms with Gasteiger partial charge in [0.05, 0.1) is 24.6 Å². The molecule has 164 valence electrons. The third kappa shape index (κ3) is 7.59. The van der Waals surface area contributed by atoms with E-state index in [-0.39, 0.29) is 19.2 Å². The quantitative estimate of drug-likeness (QED) is 0.587. The minimum atomic E-state index is -3.64. The summed E-state index contributed by atoms with van der Waals surface area (Å²) in [6.45, 7) is 6.34. The highest BCUT2D eigenvalue weighted by Gasteiger charge is 2.21. The van der Waals surface area contributed by atoms with Crippen LogP contribution in [-0.2, 0) is 14.8 Å². The van der Waals surface area contributed by atoms with Crippen molar-refractivity contribution in [3.05, 3.63) is 54.1 Å². The molecule has 0 heterocycles. The molecule has 1 N–H and O–H groups in total. The number of ether oxygens (including phenoxy) is 2. The van der Waals surface area contributed by atoms with E-state index in [0.29, 0.717) is 23.8 Å². The maximum absolute atomic E-state index is 12.5. The van der Waals surface area contributed by atoms with Crippen LogP contribution in [0.15, 0.2) is 48.5 Å². The summed E-state index contributed by atoms with van der Waals surface area (Å²) in [4.78, 5) is 12.5. The van der Waals surface area contributed by atoms with Gasteiger partial charge in [-0.1, -0.05) is 24.6 Å². The number of anilines is 1. The highest BCUT2D eigenvalue weighted by atomic mass is 32.2. The Morgan fingerprint density at radius 3 is 2.17 bits per heavy atom. The molecule has 0 aliphatic carbocycles. The normalized spacial score (nSPS) is 12.1. The molecule has 0 aliphatic rings. The molecule has 1 atom stereocenters. The van der Waals surface area contributed by atoms with Gasteiger partial charge in [0.15, 0.2) is 0 Å². The predicted octanol–water partition coefficient (Wildman–Crippen LogP) is 3.13. The first-order valence-electron chi connectivity index (χ1n) is 9.88. The van der Waals surface area contributed by atoms with E-state index in [2.05, 4.69) is 5.32 Å². The SMILES string of the molecule is CCCOc1ccc(N(CC(=O)N[C@H](C)COc2ccc(C)cc2)S(C)(=O)=O)cc1. The van der Waals surface area contributed by atoms with Gasteiger partial charge >= 0.3 is 0 Å². The van der Waals surface area contributed by atoms with Crippen LogP contribution < -0.4 is 19.1 Å². The number of nitrogens with zero attached hydrogens (tertiary/aromatic N) is 1. The van der Waals surface area contributed by atoms with Gasteiger partial charge in [-0.25, -0.2) is 8.42 Å². The second-order valence-electron chi connectivity index (χ2n) is 7.20. The van der Waals surface area contributed by atoms with Gasteiger partial charge in [0.2, 0.25) is 15.9 Å². The minimum absolute atomic E-state index is 0.275. The zero-order chi connectivity index (χ0) is 22.1. The van der Waals surface area contributed by atoms with Crippen molar-refractivity contribution in [1.29, 1.82) is 0 Å². The van der Waals surface area contributed by atoms with E-state index in [0.717, 1.165) is 22.5 Å².